The molecule has 7 heteroatoms. The Bertz CT molecular complexity index is 682. The van der Waals surface area contributed by atoms with E-state index in [0.717, 1.165) is 11.3 Å². The third kappa shape index (κ3) is 3.11. The summed E-state index contributed by atoms with van der Waals surface area (Å²) in [6.45, 7) is 2.11. The molecule has 0 unspecified atom stereocenters. The van der Waals surface area contributed by atoms with E-state index in [1.54, 1.807) is 23.9 Å². The van der Waals surface area contributed by atoms with Gasteiger partial charge in [-0.3, -0.25) is 4.68 Å². The van der Waals surface area contributed by atoms with E-state index in [1.165, 1.54) is 13.2 Å². The summed E-state index contributed by atoms with van der Waals surface area (Å²) >= 11 is 6.13. The van der Waals surface area contributed by atoms with E-state index in [-0.39, 0.29) is 6.61 Å². The van der Waals surface area contributed by atoms with E-state index in [4.69, 9.17) is 22.1 Å². The van der Waals surface area contributed by atoms with Crippen molar-refractivity contribution < 1.29 is 14.3 Å². The quantitative estimate of drug-likeness (QED) is 0.692. The van der Waals surface area contributed by atoms with Crippen molar-refractivity contribution in [1.82, 2.24) is 9.78 Å². The van der Waals surface area contributed by atoms with Crippen LogP contribution < -0.4 is 10.5 Å². The molecule has 112 valence electrons. The topological polar surface area (TPSA) is 79.4 Å². The fourth-order valence-corrected chi connectivity index (χ4v) is 2.14. The van der Waals surface area contributed by atoms with Gasteiger partial charge in [0.1, 0.15) is 17.5 Å². The number of anilines is 1. The molecule has 2 N–H and O–H groups in total. The molecule has 0 fully saturated rings. The summed E-state index contributed by atoms with van der Waals surface area (Å²) in [6, 6.07) is 4.73. The average Bonchev–Trinajstić information content (AvgIpc) is 2.70. The number of carbonyl (C=O) groups excluding carboxylic acids is 1. The van der Waals surface area contributed by atoms with Crippen LogP contribution in [0, 0.1) is 6.92 Å². The van der Waals surface area contributed by atoms with Gasteiger partial charge >= 0.3 is 5.97 Å². The maximum Gasteiger partial charge on any atom is 0.337 e. The van der Waals surface area contributed by atoms with E-state index < -0.39 is 5.97 Å². The zero-order valence-electron chi connectivity index (χ0n) is 12.0. The number of aromatic nitrogens is 2. The van der Waals surface area contributed by atoms with Crippen LogP contribution in [0.25, 0.3) is 0 Å². The maximum absolute atomic E-state index is 11.4. The Balaban J connectivity index is 2.15. The fourth-order valence-electron chi connectivity index (χ4n) is 1.91. The second-order valence-corrected chi connectivity index (χ2v) is 4.87. The third-order valence-electron chi connectivity index (χ3n) is 3.07. The van der Waals surface area contributed by atoms with Crippen molar-refractivity contribution >= 4 is 23.3 Å². The van der Waals surface area contributed by atoms with Crippen molar-refractivity contribution in [2.24, 2.45) is 7.05 Å². The van der Waals surface area contributed by atoms with Crippen LogP contribution in [0.4, 0.5) is 5.69 Å². The minimum atomic E-state index is -0.445. The second-order valence-electron chi connectivity index (χ2n) is 4.51. The van der Waals surface area contributed by atoms with E-state index in [0.29, 0.717) is 22.2 Å². The molecule has 0 aliphatic rings. The fraction of sp³-hybridized carbons (Fsp3) is 0.286. The highest BCUT2D eigenvalue weighted by molar-refractivity contribution is 6.30. The molecule has 0 aliphatic heterocycles. The molecule has 1 heterocycles. The lowest BCUT2D eigenvalue weighted by Crippen LogP contribution is -2.04. The molecule has 0 spiro atoms. The van der Waals surface area contributed by atoms with Gasteiger partial charge < -0.3 is 15.2 Å². The average molecular weight is 310 g/mol. The van der Waals surface area contributed by atoms with Crippen LogP contribution in [0.1, 0.15) is 21.6 Å². The van der Waals surface area contributed by atoms with Crippen molar-refractivity contribution in [3.05, 3.63) is 40.2 Å². The Labute approximate surface area is 127 Å². The number of halogens is 1. The summed E-state index contributed by atoms with van der Waals surface area (Å²) in [7, 11) is 3.08. The summed E-state index contributed by atoms with van der Waals surface area (Å²) in [5.74, 6) is 0.0290. The first-order chi connectivity index (χ1) is 9.93. The number of hydrogen-bond donors (Lipinski definition) is 1. The summed E-state index contributed by atoms with van der Waals surface area (Å²) < 4.78 is 11.9. The molecule has 0 radical (unpaired) electrons. The predicted octanol–water partition coefficient (Wildman–Crippen LogP) is 2.33. The lowest BCUT2D eigenvalue weighted by Gasteiger charge is -2.10. The zero-order chi connectivity index (χ0) is 15.6. The van der Waals surface area contributed by atoms with Crippen LogP contribution in [0.2, 0.25) is 5.15 Å². The number of nitrogens with two attached hydrogens (primary N) is 1. The van der Waals surface area contributed by atoms with Crippen LogP contribution in [0.15, 0.2) is 18.2 Å². The summed E-state index contributed by atoms with van der Waals surface area (Å²) in [5.41, 5.74) is 8.20. The Morgan fingerprint density at radius 2 is 2.19 bits per heavy atom. The van der Waals surface area contributed by atoms with Gasteiger partial charge in [0.15, 0.2) is 0 Å². The smallest absolute Gasteiger partial charge is 0.337 e. The minimum Gasteiger partial charge on any atom is -0.487 e. The Hall–Kier alpha value is -2.21. The predicted molar refractivity (Wildman–Crippen MR) is 79.5 cm³/mol. The van der Waals surface area contributed by atoms with Crippen molar-refractivity contribution in [3.63, 3.8) is 0 Å². The molecule has 0 saturated carbocycles. The standard InChI is InChI=1S/C14H16ClN3O3/c1-8-10(13(15)18(2)17-8)7-21-12-5-4-9(6-11(12)16)14(19)20-3/h4-6H,7,16H2,1-3H3. The van der Waals surface area contributed by atoms with Crippen molar-refractivity contribution in [3.8, 4) is 5.75 Å². The monoisotopic (exact) mass is 309 g/mol. The number of aryl methyl sites for hydroxylation is 2. The van der Waals surface area contributed by atoms with Gasteiger partial charge in [0, 0.05) is 12.6 Å². The molecule has 0 atom stereocenters. The van der Waals surface area contributed by atoms with Crippen molar-refractivity contribution in [2.75, 3.05) is 12.8 Å². The number of benzene rings is 1. The number of ether oxygens (including phenoxy) is 2. The molecule has 6 nitrogen and oxygen atoms in total. The largest absolute Gasteiger partial charge is 0.487 e. The first-order valence-electron chi connectivity index (χ1n) is 6.22. The van der Waals surface area contributed by atoms with E-state index in [9.17, 15) is 4.79 Å². The van der Waals surface area contributed by atoms with Crippen molar-refractivity contribution in [2.45, 2.75) is 13.5 Å². The number of esters is 1. The molecule has 1 aromatic heterocycles. The molecule has 1 aromatic carbocycles. The van der Waals surface area contributed by atoms with Gasteiger partial charge in [0.25, 0.3) is 0 Å². The van der Waals surface area contributed by atoms with E-state index in [1.807, 2.05) is 6.92 Å². The Morgan fingerprint density at radius 1 is 1.48 bits per heavy atom. The lowest BCUT2D eigenvalue weighted by molar-refractivity contribution is 0.0600. The van der Waals surface area contributed by atoms with Crippen LogP contribution in [-0.4, -0.2) is 22.9 Å². The minimum absolute atomic E-state index is 0.250. The molecule has 21 heavy (non-hydrogen) atoms. The van der Waals surface area contributed by atoms with E-state index in [2.05, 4.69) is 9.84 Å². The van der Waals surface area contributed by atoms with Crippen LogP contribution >= 0.6 is 11.6 Å². The van der Waals surface area contributed by atoms with Gasteiger partial charge in [-0.25, -0.2) is 4.79 Å². The highest BCUT2D eigenvalue weighted by atomic mass is 35.5. The molecular formula is C14H16ClN3O3. The number of methoxy groups -OCH3 is 1. The van der Waals surface area contributed by atoms with E-state index >= 15 is 0 Å². The van der Waals surface area contributed by atoms with Gasteiger partial charge in [-0.1, -0.05) is 11.6 Å². The van der Waals surface area contributed by atoms with Crippen LogP contribution in [0.5, 0.6) is 5.75 Å². The normalized spacial score (nSPS) is 10.5. The molecule has 0 amide bonds. The highest BCUT2D eigenvalue weighted by Crippen LogP contribution is 2.26. The first kappa shape index (κ1) is 15.2. The number of hydrogen-bond acceptors (Lipinski definition) is 5. The van der Waals surface area contributed by atoms with Gasteiger partial charge in [0.2, 0.25) is 0 Å². The van der Waals surface area contributed by atoms with Gasteiger partial charge in [0.05, 0.1) is 24.1 Å². The Kier molecular flexibility index (Phi) is 4.37. The second kappa shape index (κ2) is 6.05. The van der Waals surface area contributed by atoms with Gasteiger partial charge in [-0.15, -0.1) is 0 Å². The van der Waals surface area contributed by atoms with Crippen LogP contribution in [-0.2, 0) is 18.4 Å². The molecule has 0 bridgehead atoms. The number of nitrogen functional groups attached to an aromatic ring is 1. The van der Waals surface area contributed by atoms with Gasteiger partial charge in [-0.2, -0.15) is 5.10 Å². The zero-order valence-corrected chi connectivity index (χ0v) is 12.8. The summed E-state index contributed by atoms with van der Waals surface area (Å²) in [5, 5.41) is 4.73. The van der Waals surface area contributed by atoms with Gasteiger partial charge in [-0.05, 0) is 25.1 Å². The summed E-state index contributed by atoms with van der Waals surface area (Å²) in [4.78, 5) is 11.4. The SMILES string of the molecule is COC(=O)c1ccc(OCc2c(C)nn(C)c2Cl)c(N)c1. The molecular weight excluding hydrogens is 294 g/mol. The first-order valence-corrected chi connectivity index (χ1v) is 6.60. The summed E-state index contributed by atoms with van der Waals surface area (Å²) in [6.07, 6.45) is 0. The lowest BCUT2D eigenvalue weighted by atomic mass is 10.2. The number of rotatable bonds is 4. The maximum atomic E-state index is 11.4. The number of carbonyl (C=O) groups is 1. The molecule has 2 aromatic rings. The molecule has 0 saturated heterocycles. The molecule has 0 aliphatic carbocycles. The highest BCUT2D eigenvalue weighted by Gasteiger charge is 2.13. The third-order valence-corrected chi connectivity index (χ3v) is 3.55. The number of nitrogens with zero attached hydrogens (tertiary/aromatic N) is 2. The molecule has 2 rings (SSSR count). The Morgan fingerprint density at radius 3 is 2.71 bits per heavy atom. The van der Waals surface area contributed by atoms with Crippen molar-refractivity contribution in [1.29, 1.82) is 0 Å². The van der Waals surface area contributed by atoms with Crippen LogP contribution in [0.3, 0.4) is 0 Å².